The van der Waals surface area contributed by atoms with Crippen LogP contribution in [0.5, 0.6) is 11.5 Å². The van der Waals surface area contributed by atoms with Gasteiger partial charge >= 0.3 is 0 Å². The second-order valence-corrected chi connectivity index (χ2v) is 10.4. The molecule has 0 aliphatic heterocycles. The van der Waals surface area contributed by atoms with Gasteiger partial charge in [0.1, 0.15) is 11.8 Å². The molecule has 0 aliphatic carbocycles. The number of amides is 1. The largest absolute Gasteiger partial charge is 0.455 e. The third kappa shape index (κ3) is 6.73. The number of anilines is 1. The minimum Gasteiger partial charge on any atom is -0.455 e. The normalized spacial score (nSPS) is 12.1. The molecule has 2 N–H and O–H groups in total. The molecular weight excluding hydrogens is 496 g/mol. The lowest BCUT2D eigenvalue weighted by molar-refractivity contribution is -0.117. The molecule has 4 aromatic carbocycles. The van der Waals surface area contributed by atoms with Gasteiger partial charge in [-0.05, 0) is 61.4 Å². The molecule has 36 heavy (non-hydrogen) atoms. The summed E-state index contributed by atoms with van der Waals surface area (Å²) >= 11 is 6.19. The summed E-state index contributed by atoms with van der Waals surface area (Å²) < 4.78 is 34.8. The highest BCUT2D eigenvalue weighted by Crippen LogP contribution is 2.32. The predicted molar refractivity (Wildman–Crippen MR) is 142 cm³/mol. The van der Waals surface area contributed by atoms with Gasteiger partial charge in [0.2, 0.25) is 15.9 Å². The summed E-state index contributed by atoms with van der Waals surface area (Å²) in [6, 6.07) is 28.5. The smallest absolute Gasteiger partial charge is 0.243 e. The number of para-hydroxylation sites is 1. The monoisotopic (exact) mass is 520 g/mol. The van der Waals surface area contributed by atoms with Crippen LogP contribution in [-0.4, -0.2) is 20.4 Å². The average Bonchev–Trinajstić information content (AvgIpc) is 2.87. The Kier molecular flexibility index (Phi) is 8.05. The van der Waals surface area contributed by atoms with Gasteiger partial charge in [-0.15, -0.1) is 0 Å². The van der Waals surface area contributed by atoms with Gasteiger partial charge in [-0.2, -0.15) is 4.72 Å². The first kappa shape index (κ1) is 25.4. The van der Waals surface area contributed by atoms with Crippen molar-refractivity contribution in [1.29, 1.82) is 0 Å². The molecule has 0 bridgehead atoms. The van der Waals surface area contributed by atoms with Crippen molar-refractivity contribution in [3.8, 4) is 11.5 Å². The predicted octanol–water partition coefficient (Wildman–Crippen LogP) is 5.97. The molecule has 6 nitrogen and oxygen atoms in total. The van der Waals surface area contributed by atoms with Crippen LogP contribution in [0.2, 0.25) is 5.02 Å². The van der Waals surface area contributed by atoms with Crippen LogP contribution >= 0.6 is 11.6 Å². The molecule has 1 atom stereocenters. The van der Waals surface area contributed by atoms with Crippen molar-refractivity contribution in [3.05, 3.63) is 119 Å². The van der Waals surface area contributed by atoms with E-state index in [0.29, 0.717) is 22.2 Å². The summed E-state index contributed by atoms with van der Waals surface area (Å²) in [5.74, 6) is 0.407. The maximum absolute atomic E-state index is 13.5. The van der Waals surface area contributed by atoms with Crippen molar-refractivity contribution in [3.63, 3.8) is 0 Å². The van der Waals surface area contributed by atoms with Gasteiger partial charge in [0, 0.05) is 5.02 Å². The summed E-state index contributed by atoms with van der Waals surface area (Å²) in [4.78, 5) is 13.5. The fourth-order valence-electron chi connectivity index (χ4n) is 3.53. The van der Waals surface area contributed by atoms with Crippen molar-refractivity contribution in [2.24, 2.45) is 0 Å². The summed E-state index contributed by atoms with van der Waals surface area (Å²) in [7, 11) is -3.97. The van der Waals surface area contributed by atoms with Crippen molar-refractivity contribution in [1.82, 2.24) is 4.72 Å². The van der Waals surface area contributed by atoms with E-state index in [1.54, 1.807) is 42.5 Å². The van der Waals surface area contributed by atoms with E-state index in [2.05, 4.69) is 10.0 Å². The van der Waals surface area contributed by atoms with Crippen molar-refractivity contribution in [2.45, 2.75) is 24.3 Å². The van der Waals surface area contributed by atoms with Gasteiger partial charge in [-0.1, -0.05) is 77.8 Å². The second kappa shape index (κ2) is 11.4. The quantitative estimate of drug-likeness (QED) is 0.285. The zero-order valence-corrected chi connectivity index (χ0v) is 21.1. The standard InChI is InChI=1S/C28H25ClN2O4S/c1-20-12-15-24(16-13-20)36(33,34)31-26(18-21-8-4-2-5-9-21)28(32)30-25-19-22(29)14-17-27(25)35-23-10-6-3-7-11-23/h2-17,19,26,31H,18H2,1H3,(H,30,32)/t26-/m1/s1. The first-order valence-corrected chi connectivity index (χ1v) is 13.1. The van der Waals surface area contributed by atoms with Gasteiger partial charge in [-0.3, -0.25) is 4.79 Å². The molecule has 0 aromatic heterocycles. The number of sulfonamides is 1. The van der Waals surface area contributed by atoms with E-state index in [1.807, 2.05) is 55.5 Å². The minimum absolute atomic E-state index is 0.0785. The van der Waals surface area contributed by atoms with Crippen LogP contribution in [0.25, 0.3) is 0 Å². The topological polar surface area (TPSA) is 84.5 Å². The van der Waals surface area contributed by atoms with Crippen molar-refractivity contribution in [2.75, 3.05) is 5.32 Å². The molecule has 184 valence electrons. The molecule has 0 fully saturated rings. The van der Waals surface area contributed by atoms with E-state index in [0.717, 1.165) is 11.1 Å². The Morgan fingerprint density at radius 1 is 0.889 bits per heavy atom. The number of rotatable bonds is 9. The Bertz CT molecular complexity index is 1430. The fraction of sp³-hybridized carbons (Fsp3) is 0.107. The number of benzene rings is 4. The molecule has 0 saturated heterocycles. The van der Waals surface area contributed by atoms with E-state index in [9.17, 15) is 13.2 Å². The van der Waals surface area contributed by atoms with E-state index >= 15 is 0 Å². The first-order valence-electron chi connectivity index (χ1n) is 11.3. The minimum atomic E-state index is -3.97. The lowest BCUT2D eigenvalue weighted by Crippen LogP contribution is -2.45. The summed E-state index contributed by atoms with van der Waals surface area (Å²) in [5, 5.41) is 3.19. The highest BCUT2D eigenvalue weighted by atomic mass is 35.5. The molecule has 1 amide bonds. The average molecular weight is 521 g/mol. The molecule has 0 aliphatic rings. The molecule has 0 radical (unpaired) electrons. The highest BCUT2D eigenvalue weighted by Gasteiger charge is 2.27. The lowest BCUT2D eigenvalue weighted by atomic mass is 10.1. The zero-order chi connectivity index (χ0) is 25.5. The number of hydrogen-bond acceptors (Lipinski definition) is 4. The summed E-state index contributed by atoms with van der Waals surface area (Å²) in [5.41, 5.74) is 2.06. The molecule has 4 aromatic rings. The SMILES string of the molecule is Cc1ccc(S(=O)(=O)N[C@H](Cc2ccccc2)C(=O)Nc2cc(Cl)ccc2Oc2ccccc2)cc1. The van der Waals surface area contributed by atoms with Crippen molar-refractivity contribution < 1.29 is 17.9 Å². The molecule has 0 heterocycles. The van der Waals surface area contributed by atoms with E-state index in [-0.39, 0.29) is 11.3 Å². The number of hydrogen-bond donors (Lipinski definition) is 2. The molecule has 0 spiro atoms. The van der Waals surface area contributed by atoms with Crippen LogP contribution in [0.1, 0.15) is 11.1 Å². The van der Waals surface area contributed by atoms with Gasteiger partial charge in [0.25, 0.3) is 0 Å². The molecule has 0 saturated carbocycles. The molecule has 4 rings (SSSR count). The Morgan fingerprint density at radius 2 is 1.53 bits per heavy atom. The fourth-order valence-corrected chi connectivity index (χ4v) is 4.90. The Balaban J connectivity index is 1.62. The summed E-state index contributed by atoms with van der Waals surface area (Å²) in [6.45, 7) is 1.87. The third-order valence-electron chi connectivity index (χ3n) is 5.40. The Hall–Kier alpha value is -3.65. The number of nitrogens with one attached hydrogen (secondary N) is 2. The molecule has 8 heteroatoms. The Labute approximate surface area is 216 Å². The number of halogens is 1. The zero-order valence-electron chi connectivity index (χ0n) is 19.5. The summed E-state index contributed by atoms with van der Waals surface area (Å²) in [6.07, 6.45) is 0.146. The maximum Gasteiger partial charge on any atom is 0.243 e. The number of carbonyl (C=O) groups is 1. The van der Waals surface area contributed by atoms with E-state index in [1.165, 1.54) is 12.1 Å². The van der Waals surface area contributed by atoms with Crippen LogP contribution in [-0.2, 0) is 21.2 Å². The van der Waals surface area contributed by atoms with Crippen LogP contribution in [0.15, 0.2) is 108 Å². The first-order chi connectivity index (χ1) is 17.3. The van der Waals surface area contributed by atoms with E-state index in [4.69, 9.17) is 16.3 Å². The number of carbonyl (C=O) groups excluding carboxylic acids is 1. The third-order valence-corrected chi connectivity index (χ3v) is 7.12. The molecular formula is C28H25ClN2O4S. The highest BCUT2D eigenvalue weighted by molar-refractivity contribution is 7.89. The van der Waals surface area contributed by atoms with Gasteiger partial charge in [0.15, 0.2) is 5.75 Å². The number of aryl methyl sites for hydroxylation is 1. The van der Waals surface area contributed by atoms with Crippen LogP contribution in [0.4, 0.5) is 5.69 Å². The van der Waals surface area contributed by atoms with Crippen LogP contribution < -0.4 is 14.8 Å². The van der Waals surface area contributed by atoms with E-state index < -0.39 is 22.0 Å². The number of ether oxygens (including phenoxy) is 1. The second-order valence-electron chi connectivity index (χ2n) is 8.22. The Morgan fingerprint density at radius 3 is 2.19 bits per heavy atom. The van der Waals surface area contributed by atoms with Gasteiger partial charge in [0.05, 0.1) is 10.6 Å². The molecule has 0 unspecified atom stereocenters. The van der Waals surface area contributed by atoms with Crippen LogP contribution in [0, 0.1) is 6.92 Å². The maximum atomic E-state index is 13.5. The van der Waals surface area contributed by atoms with Crippen LogP contribution in [0.3, 0.4) is 0 Å². The van der Waals surface area contributed by atoms with Gasteiger partial charge < -0.3 is 10.1 Å². The van der Waals surface area contributed by atoms with Crippen molar-refractivity contribution >= 4 is 33.2 Å². The lowest BCUT2D eigenvalue weighted by Gasteiger charge is -2.20. The van der Waals surface area contributed by atoms with Gasteiger partial charge in [-0.25, -0.2) is 8.42 Å².